The maximum atomic E-state index is 11.6. The fourth-order valence-electron chi connectivity index (χ4n) is 1.27. The molecule has 0 spiro atoms. The van der Waals surface area contributed by atoms with E-state index in [-0.39, 0.29) is 29.9 Å². The van der Waals surface area contributed by atoms with Gasteiger partial charge in [-0.25, -0.2) is 0 Å². The van der Waals surface area contributed by atoms with E-state index in [0.717, 1.165) is 0 Å². The Balaban J connectivity index is 4.31. The second-order valence-corrected chi connectivity index (χ2v) is 5.04. The van der Waals surface area contributed by atoms with E-state index in [1.54, 1.807) is 4.90 Å². The van der Waals surface area contributed by atoms with Gasteiger partial charge in [-0.15, -0.1) is 0 Å². The zero-order chi connectivity index (χ0) is 12.2. The largest absolute Gasteiger partial charge is 0.350 e. The third kappa shape index (κ3) is 6.10. The Bertz CT molecular complexity index is 241. The van der Waals surface area contributed by atoms with Crippen molar-refractivity contribution in [1.29, 1.82) is 0 Å². The number of amides is 2. The molecule has 0 aliphatic rings. The van der Waals surface area contributed by atoms with E-state index in [9.17, 15) is 9.59 Å². The summed E-state index contributed by atoms with van der Waals surface area (Å²) in [4.78, 5) is 24.3. The van der Waals surface area contributed by atoms with Crippen molar-refractivity contribution in [3.63, 3.8) is 0 Å². The molecule has 0 aromatic carbocycles. The summed E-state index contributed by atoms with van der Waals surface area (Å²) in [5.74, 6) is -0.194. The van der Waals surface area contributed by atoms with Crippen LogP contribution in [0.5, 0.6) is 0 Å². The van der Waals surface area contributed by atoms with Crippen LogP contribution in [0.1, 0.15) is 41.5 Å². The number of hydrogen-bond donors (Lipinski definition) is 1. The molecular weight excluding hydrogens is 192 g/mol. The number of nitrogens with zero attached hydrogens (tertiary/aromatic N) is 1. The Labute approximate surface area is 92.0 Å². The van der Waals surface area contributed by atoms with Crippen LogP contribution in [0.3, 0.4) is 0 Å². The molecule has 0 unspecified atom stereocenters. The van der Waals surface area contributed by atoms with Crippen molar-refractivity contribution in [2.75, 3.05) is 6.54 Å². The Morgan fingerprint density at radius 2 is 1.73 bits per heavy atom. The smallest absolute Gasteiger partial charge is 0.240 e. The molecule has 4 heteroatoms. The van der Waals surface area contributed by atoms with E-state index in [1.165, 1.54) is 6.92 Å². The van der Waals surface area contributed by atoms with Gasteiger partial charge in [-0.05, 0) is 34.6 Å². The third-order valence-electron chi connectivity index (χ3n) is 1.86. The van der Waals surface area contributed by atoms with E-state index in [0.29, 0.717) is 0 Å². The van der Waals surface area contributed by atoms with Gasteiger partial charge in [0.05, 0.1) is 6.54 Å². The van der Waals surface area contributed by atoms with E-state index in [2.05, 4.69) is 5.32 Å². The Morgan fingerprint density at radius 1 is 1.27 bits per heavy atom. The van der Waals surface area contributed by atoms with Gasteiger partial charge >= 0.3 is 0 Å². The molecule has 0 aliphatic carbocycles. The van der Waals surface area contributed by atoms with Crippen LogP contribution in [0, 0.1) is 0 Å². The molecule has 88 valence electrons. The van der Waals surface area contributed by atoms with Gasteiger partial charge in [0.15, 0.2) is 0 Å². The summed E-state index contributed by atoms with van der Waals surface area (Å²) in [5, 5.41) is 2.83. The standard InChI is InChI=1S/C11H22N2O2/c1-8(2)13(9(3)14)7-10(15)12-11(4,5)6/h8H,7H2,1-6H3,(H,12,15). The Morgan fingerprint density at radius 3 is 2.00 bits per heavy atom. The molecule has 0 bridgehead atoms. The predicted octanol–water partition coefficient (Wildman–Crippen LogP) is 1.16. The number of carbonyl (C=O) groups is 2. The van der Waals surface area contributed by atoms with Gasteiger partial charge in [-0.2, -0.15) is 0 Å². The predicted molar refractivity (Wildman–Crippen MR) is 60.4 cm³/mol. The average Bonchev–Trinajstić information content (AvgIpc) is 1.95. The maximum absolute atomic E-state index is 11.6. The van der Waals surface area contributed by atoms with Crippen molar-refractivity contribution in [2.24, 2.45) is 0 Å². The highest BCUT2D eigenvalue weighted by Crippen LogP contribution is 2.01. The summed E-state index contributed by atoms with van der Waals surface area (Å²) < 4.78 is 0. The normalized spacial score (nSPS) is 11.4. The number of carbonyl (C=O) groups excluding carboxylic acids is 2. The third-order valence-corrected chi connectivity index (χ3v) is 1.86. The zero-order valence-corrected chi connectivity index (χ0v) is 10.5. The highest BCUT2D eigenvalue weighted by Gasteiger charge is 2.19. The minimum atomic E-state index is -0.253. The number of rotatable bonds is 3. The van der Waals surface area contributed by atoms with Crippen LogP contribution in [0.2, 0.25) is 0 Å². The van der Waals surface area contributed by atoms with Crippen LogP contribution in [-0.2, 0) is 9.59 Å². The molecule has 0 rings (SSSR count). The molecule has 1 N–H and O–H groups in total. The number of nitrogens with one attached hydrogen (secondary N) is 1. The summed E-state index contributed by atoms with van der Waals surface area (Å²) in [6, 6.07) is 0.0493. The van der Waals surface area contributed by atoms with Crippen molar-refractivity contribution in [1.82, 2.24) is 10.2 Å². The van der Waals surface area contributed by atoms with Crippen LogP contribution in [0.25, 0.3) is 0 Å². The molecule has 0 saturated heterocycles. The highest BCUT2D eigenvalue weighted by molar-refractivity contribution is 5.84. The fraction of sp³-hybridized carbons (Fsp3) is 0.818. The van der Waals surface area contributed by atoms with Crippen LogP contribution in [0.15, 0.2) is 0 Å². The summed E-state index contributed by atoms with van der Waals surface area (Å²) >= 11 is 0. The molecule has 0 aromatic rings. The van der Waals surface area contributed by atoms with Gasteiger partial charge in [-0.1, -0.05) is 0 Å². The van der Waals surface area contributed by atoms with Gasteiger partial charge in [0.2, 0.25) is 11.8 Å². The van der Waals surface area contributed by atoms with Crippen molar-refractivity contribution in [2.45, 2.75) is 53.1 Å². The topological polar surface area (TPSA) is 49.4 Å². The summed E-state index contributed by atoms with van der Waals surface area (Å²) in [7, 11) is 0. The van der Waals surface area contributed by atoms with Crippen molar-refractivity contribution < 1.29 is 9.59 Å². The van der Waals surface area contributed by atoms with Crippen molar-refractivity contribution >= 4 is 11.8 Å². The van der Waals surface area contributed by atoms with Gasteiger partial charge in [0, 0.05) is 18.5 Å². The molecule has 2 amide bonds. The molecule has 0 radical (unpaired) electrons. The monoisotopic (exact) mass is 214 g/mol. The van der Waals surface area contributed by atoms with E-state index in [4.69, 9.17) is 0 Å². The molecule has 0 aliphatic heterocycles. The molecule has 4 nitrogen and oxygen atoms in total. The quantitative estimate of drug-likeness (QED) is 0.766. The van der Waals surface area contributed by atoms with Gasteiger partial charge in [-0.3, -0.25) is 9.59 Å². The van der Waals surface area contributed by atoms with Crippen molar-refractivity contribution in [3.05, 3.63) is 0 Å². The summed E-state index contributed by atoms with van der Waals surface area (Å²) in [5.41, 5.74) is -0.253. The molecule has 0 saturated carbocycles. The van der Waals surface area contributed by atoms with Gasteiger partial charge in [0.1, 0.15) is 0 Å². The second-order valence-electron chi connectivity index (χ2n) is 5.04. The van der Waals surface area contributed by atoms with Crippen LogP contribution in [0.4, 0.5) is 0 Å². The van der Waals surface area contributed by atoms with Crippen LogP contribution in [-0.4, -0.2) is 34.8 Å². The van der Waals surface area contributed by atoms with Crippen molar-refractivity contribution in [3.8, 4) is 0 Å². The van der Waals surface area contributed by atoms with Crippen LogP contribution >= 0.6 is 0 Å². The lowest BCUT2D eigenvalue weighted by atomic mass is 10.1. The zero-order valence-electron chi connectivity index (χ0n) is 10.5. The number of hydrogen-bond acceptors (Lipinski definition) is 2. The molecule has 15 heavy (non-hydrogen) atoms. The van der Waals surface area contributed by atoms with Crippen LogP contribution < -0.4 is 5.32 Å². The van der Waals surface area contributed by atoms with E-state index >= 15 is 0 Å². The first-order valence-corrected chi connectivity index (χ1v) is 5.21. The fourth-order valence-corrected chi connectivity index (χ4v) is 1.27. The summed E-state index contributed by atoms with van der Waals surface area (Å²) in [6.07, 6.45) is 0. The van der Waals surface area contributed by atoms with E-state index < -0.39 is 0 Å². The molecule has 0 atom stereocenters. The molecule has 0 aromatic heterocycles. The van der Waals surface area contributed by atoms with Gasteiger partial charge < -0.3 is 10.2 Å². The van der Waals surface area contributed by atoms with E-state index in [1.807, 2.05) is 34.6 Å². The molecule has 0 heterocycles. The lowest BCUT2D eigenvalue weighted by Crippen LogP contribution is -2.48. The van der Waals surface area contributed by atoms with Gasteiger partial charge in [0.25, 0.3) is 0 Å². The first kappa shape index (κ1) is 13.9. The lowest BCUT2D eigenvalue weighted by molar-refractivity contribution is -0.136. The SMILES string of the molecule is CC(=O)N(CC(=O)NC(C)(C)C)C(C)C. The molecular formula is C11H22N2O2. The Kier molecular flexibility index (Phi) is 4.78. The first-order valence-electron chi connectivity index (χ1n) is 5.21. The average molecular weight is 214 g/mol. The highest BCUT2D eigenvalue weighted by atomic mass is 16.2. The lowest BCUT2D eigenvalue weighted by Gasteiger charge is -2.27. The maximum Gasteiger partial charge on any atom is 0.240 e. The summed E-state index contributed by atoms with van der Waals surface area (Å²) in [6.45, 7) is 11.1. The minimum Gasteiger partial charge on any atom is -0.350 e. The molecule has 0 fully saturated rings. The second kappa shape index (κ2) is 5.14. The first-order chi connectivity index (χ1) is 6.63. The minimum absolute atomic E-state index is 0.0493. The Hall–Kier alpha value is -1.06.